The van der Waals surface area contributed by atoms with Gasteiger partial charge in [-0.25, -0.2) is 17.9 Å². The average Bonchev–Trinajstić information content (AvgIpc) is 2.54. The average molecular weight is 383 g/mol. The van der Waals surface area contributed by atoms with Crippen LogP contribution in [0.25, 0.3) is 0 Å². The molecule has 0 heterocycles. The summed E-state index contributed by atoms with van der Waals surface area (Å²) in [6, 6.07) is 5.39. The predicted molar refractivity (Wildman–Crippen MR) is 102 cm³/mol. The largest absolute Gasteiger partial charge is 0.491 e. The van der Waals surface area contributed by atoms with Crippen molar-refractivity contribution in [1.29, 1.82) is 0 Å². The third-order valence-corrected chi connectivity index (χ3v) is 6.13. The second-order valence-electron chi connectivity index (χ2n) is 7.57. The lowest BCUT2D eigenvalue weighted by Crippen LogP contribution is -2.45. The third kappa shape index (κ3) is 5.90. The minimum absolute atomic E-state index is 0.00662. The number of benzene rings is 1. The van der Waals surface area contributed by atoms with E-state index in [1.54, 1.807) is 12.1 Å². The number of hydrogen-bond acceptors (Lipinski definition) is 4. The molecule has 1 aromatic rings. The number of urea groups is 1. The van der Waals surface area contributed by atoms with Crippen LogP contribution in [0.3, 0.4) is 0 Å². The van der Waals surface area contributed by atoms with Gasteiger partial charge in [-0.15, -0.1) is 0 Å². The second kappa shape index (κ2) is 8.75. The van der Waals surface area contributed by atoms with Crippen molar-refractivity contribution in [2.75, 3.05) is 0 Å². The lowest BCUT2D eigenvalue weighted by molar-refractivity contribution is 0.219. The van der Waals surface area contributed by atoms with Crippen LogP contribution >= 0.6 is 0 Å². The number of carbonyl (C=O) groups excluding carboxylic acids is 1. The second-order valence-corrected chi connectivity index (χ2v) is 9.26. The summed E-state index contributed by atoms with van der Waals surface area (Å²) < 4.78 is 32.3. The molecular formula is C19H30N2O4S. The van der Waals surface area contributed by atoms with Crippen molar-refractivity contribution >= 4 is 16.1 Å². The van der Waals surface area contributed by atoms with Gasteiger partial charge in [0.25, 0.3) is 10.0 Å². The van der Waals surface area contributed by atoms with Gasteiger partial charge in [-0.05, 0) is 75.6 Å². The smallest absolute Gasteiger partial charge is 0.328 e. The molecular weight excluding hydrogens is 352 g/mol. The van der Waals surface area contributed by atoms with Gasteiger partial charge in [-0.1, -0.05) is 13.8 Å². The van der Waals surface area contributed by atoms with Crippen LogP contribution in [0, 0.1) is 11.8 Å². The van der Waals surface area contributed by atoms with Gasteiger partial charge in [0.05, 0.1) is 11.0 Å². The molecule has 1 saturated carbocycles. The van der Waals surface area contributed by atoms with E-state index >= 15 is 0 Å². The molecule has 2 amide bonds. The van der Waals surface area contributed by atoms with Gasteiger partial charge in [-0.2, -0.15) is 0 Å². The van der Waals surface area contributed by atoms with Gasteiger partial charge >= 0.3 is 6.03 Å². The molecule has 2 rings (SSSR count). The fraction of sp³-hybridized carbons (Fsp3) is 0.632. The molecule has 1 fully saturated rings. The molecule has 0 aromatic heterocycles. The highest BCUT2D eigenvalue weighted by molar-refractivity contribution is 7.90. The number of carbonyl (C=O) groups is 1. The zero-order chi connectivity index (χ0) is 19.3. The highest BCUT2D eigenvalue weighted by atomic mass is 32.2. The maximum Gasteiger partial charge on any atom is 0.328 e. The van der Waals surface area contributed by atoms with Crippen molar-refractivity contribution in [3.63, 3.8) is 0 Å². The Morgan fingerprint density at radius 1 is 1.04 bits per heavy atom. The van der Waals surface area contributed by atoms with Gasteiger partial charge in [0.15, 0.2) is 0 Å². The molecule has 26 heavy (non-hydrogen) atoms. The summed E-state index contributed by atoms with van der Waals surface area (Å²) >= 11 is 0. The Balaban J connectivity index is 1.89. The fourth-order valence-corrected chi connectivity index (χ4v) is 4.21. The van der Waals surface area contributed by atoms with Crippen LogP contribution in [0.4, 0.5) is 4.79 Å². The molecule has 2 N–H and O–H groups in total. The highest BCUT2D eigenvalue weighted by Crippen LogP contribution is 2.29. The van der Waals surface area contributed by atoms with Crippen LogP contribution in [-0.4, -0.2) is 26.6 Å². The number of nitrogens with one attached hydrogen (secondary N) is 2. The lowest BCUT2D eigenvalue weighted by Gasteiger charge is -2.31. The van der Waals surface area contributed by atoms with Gasteiger partial charge in [-0.3, -0.25) is 0 Å². The van der Waals surface area contributed by atoms with Crippen molar-refractivity contribution in [2.45, 2.75) is 70.4 Å². The summed E-state index contributed by atoms with van der Waals surface area (Å²) in [5, 5.41) is 2.79. The molecule has 1 aromatic carbocycles. The van der Waals surface area contributed by atoms with Crippen LogP contribution in [0.2, 0.25) is 0 Å². The van der Waals surface area contributed by atoms with E-state index in [9.17, 15) is 13.2 Å². The molecule has 0 atom stereocenters. The lowest BCUT2D eigenvalue weighted by atomic mass is 9.80. The van der Waals surface area contributed by atoms with Crippen molar-refractivity contribution in [3.8, 4) is 5.75 Å². The molecule has 6 nitrogen and oxygen atoms in total. The van der Waals surface area contributed by atoms with Crippen LogP contribution in [0.5, 0.6) is 5.75 Å². The standard InChI is InChI=1S/C19H30N2O4S/c1-13(2)15-5-7-16(8-6-15)20-19(22)21-26(23,24)18-11-9-17(10-12-18)25-14(3)4/h9-16H,5-8H2,1-4H3,(H2,20,21,22). The summed E-state index contributed by atoms with van der Waals surface area (Å²) in [6.07, 6.45) is 3.90. The van der Waals surface area contributed by atoms with Crippen LogP contribution in [-0.2, 0) is 10.0 Å². The first-order valence-corrected chi connectivity index (χ1v) is 10.8. The zero-order valence-corrected chi connectivity index (χ0v) is 16.8. The number of ether oxygens (including phenoxy) is 1. The molecule has 0 saturated heterocycles. The minimum atomic E-state index is -3.90. The maximum absolute atomic E-state index is 12.3. The summed E-state index contributed by atoms with van der Waals surface area (Å²) in [5.74, 6) is 1.92. The van der Waals surface area contributed by atoms with Crippen LogP contribution < -0.4 is 14.8 Å². The molecule has 0 radical (unpaired) electrons. The number of hydrogen-bond donors (Lipinski definition) is 2. The zero-order valence-electron chi connectivity index (χ0n) is 16.0. The SMILES string of the molecule is CC(C)Oc1ccc(S(=O)(=O)NC(=O)NC2CCC(C(C)C)CC2)cc1. The van der Waals surface area contributed by atoms with E-state index in [2.05, 4.69) is 23.9 Å². The number of amides is 2. The monoisotopic (exact) mass is 382 g/mol. The minimum Gasteiger partial charge on any atom is -0.491 e. The topological polar surface area (TPSA) is 84.5 Å². The Labute approximate surface area is 156 Å². The fourth-order valence-electron chi connectivity index (χ4n) is 3.30. The highest BCUT2D eigenvalue weighted by Gasteiger charge is 2.25. The van der Waals surface area contributed by atoms with Crippen LogP contribution in [0.1, 0.15) is 53.4 Å². The quantitative estimate of drug-likeness (QED) is 0.786. The van der Waals surface area contributed by atoms with Gasteiger partial charge < -0.3 is 10.1 Å². The van der Waals surface area contributed by atoms with Gasteiger partial charge in [0, 0.05) is 6.04 Å². The molecule has 7 heteroatoms. The van der Waals surface area contributed by atoms with E-state index in [0.717, 1.165) is 25.7 Å². The molecule has 0 unspecified atom stereocenters. The van der Waals surface area contributed by atoms with Crippen molar-refractivity contribution < 1.29 is 17.9 Å². The number of rotatable bonds is 6. The summed E-state index contributed by atoms with van der Waals surface area (Å²) in [7, 11) is -3.90. The number of sulfonamides is 1. The summed E-state index contributed by atoms with van der Waals surface area (Å²) in [4.78, 5) is 12.1. The molecule has 0 aliphatic heterocycles. The first-order valence-electron chi connectivity index (χ1n) is 9.27. The van der Waals surface area contributed by atoms with Crippen molar-refractivity contribution in [1.82, 2.24) is 10.0 Å². The van der Waals surface area contributed by atoms with E-state index in [0.29, 0.717) is 17.6 Å². The molecule has 0 spiro atoms. The van der Waals surface area contributed by atoms with E-state index < -0.39 is 16.1 Å². The van der Waals surface area contributed by atoms with E-state index in [1.165, 1.54) is 12.1 Å². The Bertz CT molecular complexity index is 691. The Hall–Kier alpha value is -1.76. The first kappa shape index (κ1) is 20.6. The Morgan fingerprint density at radius 2 is 1.62 bits per heavy atom. The summed E-state index contributed by atoms with van der Waals surface area (Å²) in [6.45, 7) is 8.22. The van der Waals surface area contributed by atoms with Gasteiger partial charge in [0.1, 0.15) is 5.75 Å². The van der Waals surface area contributed by atoms with E-state index in [-0.39, 0.29) is 17.0 Å². The Kier molecular flexibility index (Phi) is 6.92. The van der Waals surface area contributed by atoms with E-state index in [1.807, 2.05) is 13.8 Å². The van der Waals surface area contributed by atoms with E-state index in [4.69, 9.17) is 4.74 Å². The van der Waals surface area contributed by atoms with Crippen molar-refractivity contribution in [3.05, 3.63) is 24.3 Å². The molecule has 0 bridgehead atoms. The van der Waals surface area contributed by atoms with Crippen LogP contribution in [0.15, 0.2) is 29.2 Å². The van der Waals surface area contributed by atoms with Crippen molar-refractivity contribution in [2.24, 2.45) is 11.8 Å². The summed E-state index contributed by atoms with van der Waals surface area (Å²) in [5.41, 5.74) is 0. The Morgan fingerprint density at radius 3 is 2.12 bits per heavy atom. The molecule has 1 aliphatic rings. The van der Waals surface area contributed by atoms with Gasteiger partial charge in [0.2, 0.25) is 0 Å². The third-order valence-electron chi connectivity index (χ3n) is 4.78. The first-order chi connectivity index (χ1) is 12.2. The molecule has 1 aliphatic carbocycles. The normalized spacial score (nSPS) is 20.8. The maximum atomic E-state index is 12.3. The predicted octanol–water partition coefficient (Wildman–Crippen LogP) is 3.68. The molecule has 146 valence electrons.